The van der Waals surface area contributed by atoms with Crippen LogP contribution in [0.4, 0.5) is 5.69 Å². The van der Waals surface area contributed by atoms with Gasteiger partial charge in [0.15, 0.2) is 0 Å². The third kappa shape index (κ3) is 3.68. The van der Waals surface area contributed by atoms with E-state index in [0.29, 0.717) is 28.8 Å². The molecule has 8 heteroatoms. The van der Waals surface area contributed by atoms with E-state index in [9.17, 15) is 9.59 Å². The summed E-state index contributed by atoms with van der Waals surface area (Å²) in [5.41, 5.74) is 0.498. The van der Waals surface area contributed by atoms with Crippen molar-refractivity contribution in [3.8, 4) is 5.75 Å². The van der Waals surface area contributed by atoms with E-state index >= 15 is 0 Å². The van der Waals surface area contributed by atoms with Crippen LogP contribution in [0.25, 0.3) is 11.1 Å². The van der Waals surface area contributed by atoms with Crippen molar-refractivity contribution in [3.63, 3.8) is 0 Å². The van der Waals surface area contributed by atoms with Gasteiger partial charge in [0, 0.05) is 12.2 Å². The first-order valence-electron chi connectivity index (χ1n) is 8.45. The molecule has 0 atom stereocenters. The Balaban J connectivity index is 2.02. The van der Waals surface area contributed by atoms with Crippen LogP contribution >= 0.6 is 11.6 Å². The Morgan fingerprint density at radius 1 is 1.41 bits per heavy atom. The minimum absolute atomic E-state index is 0.149. The molecular weight excluding hydrogens is 370 g/mol. The topological polar surface area (TPSA) is 86.4 Å². The normalized spacial score (nSPS) is 11.2. The molecule has 1 aromatic carbocycles. The quantitative estimate of drug-likeness (QED) is 0.715. The number of carbonyl (C=O) groups is 1. The van der Waals surface area contributed by atoms with E-state index in [0.717, 1.165) is 0 Å². The predicted molar refractivity (Wildman–Crippen MR) is 104 cm³/mol. The Labute approximate surface area is 160 Å². The third-order valence-electron chi connectivity index (χ3n) is 4.05. The van der Waals surface area contributed by atoms with Crippen molar-refractivity contribution in [1.29, 1.82) is 0 Å². The SMILES string of the molecule is COc1ccc(NC(=O)c2c(C)oc3ncn(CC(C)C)c(=O)c23)cc1Cl. The average molecular weight is 390 g/mol. The highest BCUT2D eigenvalue weighted by Crippen LogP contribution is 2.28. The second-order valence-electron chi connectivity index (χ2n) is 6.61. The van der Waals surface area contributed by atoms with Gasteiger partial charge in [0.05, 0.1) is 17.7 Å². The van der Waals surface area contributed by atoms with Gasteiger partial charge in [-0.1, -0.05) is 25.4 Å². The summed E-state index contributed by atoms with van der Waals surface area (Å²) in [7, 11) is 1.51. The van der Waals surface area contributed by atoms with Crippen LogP contribution in [0.5, 0.6) is 5.75 Å². The van der Waals surface area contributed by atoms with E-state index in [2.05, 4.69) is 10.3 Å². The molecule has 3 aromatic rings. The van der Waals surface area contributed by atoms with Gasteiger partial charge in [0.1, 0.15) is 23.2 Å². The van der Waals surface area contributed by atoms with Crippen molar-refractivity contribution >= 4 is 34.3 Å². The summed E-state index contributed by atoms with van der Waals surface area (Å²) < 4.78 is 12.1. The summed E-state index contributed by atoms with van der Waals surface area (Å²) in [6.45, 7) is 6.13. The summed E-state index contributed by atoms with van der Waals surface area (Å²) in [6.07, 6.45) is 1.44. The molecule has 0 bridgehead atoms. The van der Waals surface area contributed by atoms with Gasteiger partial charge < -0.3 is 14.5 Å². The van der Waals surface area contributed by atoms with Crippen molar-refractivity contribution in [2.75, 3.05) is 12.4 Å². The monoisotopic (exact) mass is 389 g/mol. The molecule has 3 rings (SSSR count). The first-order valence-corrected chi connectivity index (χ1v) is 8.83. The summed E-state index contributed by atoms with van der Waals surface area (Å²) in [5, 5.41) is 3.28. The number of furan rings is 1. The highest BCUT2D eigenvalue weighted by Gasteiger charge is 2.23. The molecular formula is C19H20ClN3O4. The van der Waals surface area contributed by atoms with Crippen molar-refractivity contribution in [2.24, 2.45) is 5.92 Å². The fraction of sp³-hybridized carbons (Fsp3) is 0.316. The lowest BCUT2D eigenvalue weighted by Crippen LogP contribution is -2.24. The lowest BCUT2D eigenvalue weighted by Gasteiger charge is -2.09. The minimum Gasteiger partial charge on any atom is -0.495 e. The Hall–Kier alpha value is -2.80. The number of anilines is 1. The number of carbonyl (C=O) groups excluding carboxylic acids is 1. The third-order valence-corrected chi connectivity index (χ3v) is 4.35. The maximum Gasteiger partial charge on any atom is 0.265 e. The predicted octanol–water partition coefficient (Wildman–Crippen LogP) is 3.87. The zero-order valence-corrected chi connectivity index (χ0v) is 16.3. The van der Waals surface area contributed by atoms with Crippen LogP contribution in [-0.4, -0.2) is 22.6 Å². The Morgan fingerprint density at radius 3 is 2.78 bits per heavy atom. The van der Waals surface area contributed by atoms with E-state index in [1.165, 1.54) is 18.0 Å². The van der Waals surface area contributed by atoms with Crippen LogP contribution in [0, 0.1) is 12.8 Å². The number of nitrogens with zero attached hydrogens (tertiary/aromatic N) is 2. The number of benzene rings is 1. The molecule has 0 aliphatic carbocycles. The lowest BCUT2D eigenvalue weighted by atomic mass is 10.1. The Morgan fingerprint density at radius 2 is 2.15 bits per heavy atom. The number of nitrogens with one attached hydrogen (secondary N) is 1. The van der Waals surface area contributed by atoms with Crippen molar-refractivity contribution < 1.29 is 13.9 Å². The summed E-state index contributed by atoms with van der Waals surface area (Å²) >= 11 is 6.10. The van der Waals surface area contributed by atoms with Crippen molar-refractivity contribution in [3.05, 3.63) is 51.2 Å². The maximum absolute atomic E-state index is 12.8. The fourth-order valence-electron chi connectivity index (χ4n) is 2.87. The number of hydrogen-bond acceptors (Lipinski definition) is 5. The van der Waals surface area contributed by atoms with Gasteiger partial charge in [0.25, 0.3) is 11.5 Å². The molecule has 0 aliphatic heterocycles. The van der Waals surface area contributed by atoms with Crippen LogP contribution in [0.15, 0.2) is 33.7 Å². The van der Waals surface area contributed by atoms with Crippen LogP contribution in [-0.2, 0) is 6.54 Å². The Kier molecular flexibility index (Phi) is 5.23. The van der Waals surface area contributed by atoms with Crippen LogP contribution in [0.1, 0.15) is 30.0 Å². The van der Waals surface area contributed by atoms with Gasteiger partial charge in [-0.15, -0.1) is 0 Å². The van der Waals surface area contributed by atoms with E-state index in [-0.39, 0.29) is 28.1 Å². The molecule has 1 amide bonds. The molecule has 0 aliphatic rings. The van der Waals surface area contributed by atoms with E-state index in [4.69, 9.17) is 20.8 Å². The molecule has 0 radical (unpaired) electrons. The van der Waals surface area contributed by atoms with Gasteiger partial charge >= 0.3 is 0 Å². The number of ether oxygens (including phenoxy) is 1. The molecule has 0 saturated heterocycles. The van der Waals surface area contributed by atoms with Crippen LogP contribution in [0.2, 0.25) is 5.02 Å². The standard InChI is InChI=1S/C19H20ClN3O4/c1-10(2)8-23-9-21-18-16(19(23)25)15(11(3)27-18)17(24)22-12-5-6-14(26-4)13(20)7-12/h5-7,9-10H,8H2,1-4H3,(H,22,24). The second kappa shape index (κ2) is 7.44. The zero-order valence-electron chi connectivity index (χ0n) is 15.5. The first kappa shape index (κ1) is 19.0. The second-order valence-corrected chi connectivity index (χ2v) is 7.02. The number of methoxy groups -OCH3 is 1. The van der Waals surface area contributed by atoms with Crippen LogP contribution in [0.3, 0.4) is 0 Å². The van der Waals surface area contributed by atoms with Gasteiger partial charge in [-0.3, -0.25) is 14.2 Å². The number of rotatable bonds is 5. The van der Waals surface area contributed by atoms with Crippen molar-refractivity contribution in [2.45, 2.75) is 27.3 Å². The molecule has 0 saturated carbocycles. The molecule has 2 heterocycles. The molecule has 7 nitrogen and oxygen atoms in total. The zero-order chi connectivity index (χ0) is 19.7. The number of halogens is 1. The van der Waals surface area contributed by atoms with Crippen molar-refractivity contribution in [1.82, 2.24) is 9.55 Å². The number of hydrogen-bond donors (Lipinski definition) is 1. The molecule has 142 valence electrons. The van der Waals surface area contributed by atoms with E-state index in [1.54, 1.807) is 25.1 Å². The number of aryl methyl sites for hydroxylation is 1. The molecule has 27 heavy (non-hydrogen) atoms. The summed E-state index contributed by atoms with van der Waals surface area (Å²) in [6, 6.07) is 4.89. The molecule has 0 unspecified atom stereocenters. The highest BCUT2D eigenvalue weighted by atomic mass is 35.5. The van der Waals surface area contributed by atoms with Gasteiger partial charge in [-0.05, 0) is 31.0 Å². The largest absolute Gasteiger partial charge is 0.495 e. The lowest BCUT2D eigenvalue weighted by molar-refractivity contribution is 0.102. The van der Waals surface area contributed by atoms with Gasteiger partial charge in [-0.2, -0.15) is 0 Å². The van der Waals surface area contributed by atoms with E-state index < -0.39 is 5.91 Å². The number of aromatic nitrogens is 2. The summed E-state index contributed by atoms with van der Waals surface area (Å²) in [5.74, 6) is 0.622. The summed E-state index contributed by atoms with van der Waals surface area (Å²) in [4.78, 5) is 29.9. The number of amides is 1. The van der Waals surface area contributed by atoms with Gasteiger partial charge in [-0.25, -0.2) is 4.98 Å². The molecule has 1 N–H and O–H groups in total. The smallest absolute Gasteiger partial charge is 0.265 e. The molecule has 0 spiro atoms. The van der Waals surface area contributed by atoms with E-state index in [1.807, 2.05) is 13.8 Å². The highest BCUT2D eigenvalue weighted by molar-refractivity contribution is 6.32. The van der Waals surface area contributed by atoms with Crippen LogP contribution < -0.4 is 15.6 Å². The fourth-order valence-corrected chi connectivity index (χ4v) is 3.13. The first-order chi connectivity index (χ1) is 12.8. The molecule has 0 fully saturated rings. The minimum atomic E-state index is -0.464. The van der Waals surface area contributed by atoms with Gasteiger partial charge in [0.2, 0.25) is 5.71 Å². The molecule has 2 aromatic heterocycles. The average Bonchev–Trinajstić information content (AvgIpc) is 2.94. The number of fused-ring (bicyclic) bond motifs is 1. The maximum atomic E-state index is 12.8. The Bertz CT molecular complexity index is 1070.